The fourth-order valence-electron chi connectivity index (χ4n) is 3.94. The molecule has 4 aromatic rings. The maximum atomic E-state index is 13.0. The van der Waals surface area contributed by atoms with Gasteiger partial charge in [0.15, 0.2) is 0 Å². The molecule has 0 aliphatic heterocycles. The van der Waals surface area contributed by atoms with E-state index < -0.39 is 12.0 Å². The Kier molecular flexibility index (Phi) is 5.76. The number of carboxylic acid groups (broad SMARTS) is 1. The van der Waals surface area contributed by atoms with E-state index in [1.165, 1.54) is 0 Å². The number of amides is 1. The molecule has 2 aromatic carbocycles. The first kappa shape index (κ1) is 22.3. The van der Waals surface area contributed by atoms with Crippen LogP contribution >= 0.6 is 0 Å². The molecule has 8 heteroatoms. The van der Waals surface area contributed by atoms with Crippen LogP contribution in [0.2, 0.25) is 0 Å². The molecular formula is C25H27N5O3. The summed E-state index contributed by atoms with van der Waals surface area (Å²) < 4.78 is 3.59. The first-order chi connectivity index (χ1) is 15.6. The molecule has 2 aromatic heterocycles. The Morgan fingerprint density at radius 3 is 2.48 bits per heavy atom. The van der Waals surface area contributed by atoms with E-state index in [2.05, 4.69) is 15.4 Å². The zero-order chi connectivity index (χ0) is 23.8. The normalized spacial score (nSPS) is 12.6. The summed E-state index contributed by atoms with van der Waals surface area (Å²) in [6.07, 6.45) is 1.58. The largest absolute Gasteiger partial charge is 0.481 e. The van der Waals surface area contributed by atoms with E-state index in [-0.39, 0.29) is 17.9 Å². The molecule has 1 amide bonds. The second kappa shape index (κ2) is 8.54. The smallest absolute Gasteiger partial charge is 0.305 e. The number of nitrogens with zero attached hydrogens (tertiary/aromatic N) is 4. The van der Waals surface area contributed by atoms with Crippen LogP contribution in [-0.4, -0.2) is 36.3 Å². The number of fused-ring (bicyclic) bond motifs is 1. The third-order valence-corrected chi connectivity index (χ3v) is 5.42. The van der Waals surface area contributed by atoms with Crippen molar-refractivity contribution in [1.29, 1.82) is 0 Å². The molecule has 0 aliphatic carbocycles. The van der Waals surface area contributed by atoms with Crippen molar-refractivity contribution in [1.82, 2.24) is 19.3 Å². The topological polar surface area (TPSA) is 102 Å². The minimum absolute atomic E-state index is 0.0654. The van der Waals surface area contributed by atoms with E-state index in [0.29, 0.717) is 16.9 Å². The summed E-state index contributed by atoms with van der Waals surface area (Å²) in [7, 11) is 0. The quantitative estimate of drug-likeness (QED) is 0.451. The van der Waals surface area contributed by atoms with E-state index in [4.69, 9.17) is 0 Å². The minimum Gasteiger partial charge on any atom is -0.481 e. The number of benzene rings is 2. The fourth-order valence-corrected chi connectivity index (χ4v) is 3.94. The van der Waals surface area contributed by atoms with Crippen LogP contribution in [0.1, 0.15) is 55.0 Å². The van der Waals surface area contributed by atoms with Crippen LogP contribution in [0.5, 0.6) is 0 Å². The number of imidazole rings is 1. The van der Waals surface area contributed by atoms with Crippen molar-refractivity contribution in [2.45, 2.75) is 45.7 Å². The zero-order valence-electron chi connectivity index (χ0n) is 19.1. The van der Waals surface area contributed by atoms with Crippen LogP contribution < -0.4 is 5.32 Å². The molecule has 4 rings (SSSR count). The monoisotopic (exact) mass is 445 g/mol. The van der Waals surface area contributed by atoms with Gasteiger partial charge in [0.25, 0.3) is 5.91 Å². The molecule has 2 N–H and O–H groups in total. The van der Waals surface area contributed by atoms with E-state index in [1.54, 1.807) is 29.2 Å². The lowest BCUT2D eigenvalue weighted by molar-refractivity contribution is -0.137. The number of hydrogen-bond donors (Lipinski definition) is 2. The van der Waals surface area contributed by atoms with Crippen molar-refractivity contribution >= 4 is 28.6 Å². The van der Waals surface area contributed by atoms with Crippen LogP contribution in [0.3, 0.4) is 0 Å². The van der Waals surface area contributed by atoms with Gasteiger partial charge in [-0.05, 0) is 57.5 Å². The van der Waals surface area contributed by atoms with Crippen molar-refractivity contribution in [2.24, 2.45) is 0 Å². The molecule has 0 bridgehead atoms. The summed E-state index contributed by atoms with van der Waals surface area (Å²) in [5, 5.41) is 16.9. The number of aryl methyl sites for hydroxylation is 1. The molecule has 8 nitrogen and oxygen atoms in total. The van der Waals surface area contributed by atoms with Crippen molar-refractivity contribution in [2.75, 3.05) is 5.32 Å². The van der Waals surface area contributed by atoms with Crippen molar-refractivity contribution < 1.29 is 14.7 Å². The van der Waals surface area contributed by atoms with Crippen LogP contribution in [0.4, 0.5) is 5.69 Å². The van der Waals surface area contributed by atoms with Gasteiger partial charge in [-0.3, -0.25) is 14.3 Å². The average Bonchev–Trinajstić information content (AvgIpc) is 3.36. The summed E-state index contributed by atoms with van der Waals surface area (Å²) >= 11 is 0. The van der Waals surface area contributed by atoms with E-state index in [9.17, 15) is 14.7 Å². The number of carbonyl (C=O) groups is 2. The molecule has 0 saturated heterocycles. The van der Waals surface area contributed by atoms with E-state index in [0.717, 1.165) is 16.8 Å². The van der Waals surface area contributed by atoms with E-state index >= 15 is 0 Å². The second-order valence-electron chi connectivity index (χ2n) is 9.09. The van der Waals surface area contributed by atoms with E-state index in [1.807, 2.05) is 68.7 Å². The highest BCUT2D eigenvalue weighted by atomic mass is 16.4. The van der Waals surface area contributed by atoms with Gasteiger partial charge >= 0.3 is 5.97 Å². The predicted octanol–water partition coefficient (Wildman–Crippen LogP) is 4.61. The number of nitrogens with one attached hydrogen (secondary N) is 1. The Bertz CT molecular complexity index is 1320. The molecule has 0 radical (unpaired) electrons. The summed E-state index contributed by atoms with van der Waals surface area (Å²) in [6.45, 7) is 7.84. The Hall–Kier alpha value is -3.94. The maximum absolute atomic E-state index is 13.0. The molecule has 0 fully saturated rings. The number of hydrogen-bond acceptors (Lipinski definition) is 4. The molecule has 0 spiro atoms. The number of rotatable bonds is 6. The first-order valence-corrected chi connectivity index (χ1v) is 10.8. The number of anilines is 1. The third-order valence-electron chi connectivity index (χ3n) is 5.42. The van der Waals surface area contributed by atoms with Gasteiger partial charge in [-0.25, -0.2) is 4.98 Å². The molecular weight excluding hydrogens is 418 g/mol. The van der Waals surface area contributed by atoms with Crippen molar-refractivity contribution in [3.05, 3.63) is 77.9 Å². The summed E-state index contributed by atoms with van der Waals surface area (Å²) in [4.78, 5) is 29.0. The predicted molar refractivity (Wildman–Crippen MR) is 126 cm³/mol. The molecule has 2 heterocycles. The summed E-state index contributed by atoms with van der Waals surface area (Å²) in [5.41, 5.74) is 3.87. The minimum atomic E-state index is -0.889. The number of aromatic nitrogens is 4. The average molecular weight is 446 g/mol. The molecule has 0 saturated carbocycles. The van der Waals surface area contributed by atoms with Crippen LogP contribution in [0, 0.1) is 6.92 Å². The molecule has 0 aliphatic rings. The first-order valence-electron chi connectivity index (χ1n) is 10.8. The molecule has 1 atom stereocenters. The van der Waals surface area contributed by atoms with Gasteiger partial charge in [-0.15, -0.1) is 0 Å². The highest BCUT2D eigenvalue weighted by Crippen LogP contribution is 2.28. The summed E-state index contributed by atoms with van der Waals surface area (Å²) in [6, 6.07) is 16.3. The Morgan fingerprint density at radius 1 is 1.09 bits per heavy atom. The lowest BCUT2D eigenvalue weighted by atomic mass is 10.0. The molecule has 33 heavy (non-hydrogen) atoms. The van der Waals surface area contributed by atoms with Gasteiger partial charge in [0.05, 0.1) is 41.1 Å². The third kappa shape index (κ3) is 4.64. The number of aliphatic carboxylic acids is 1. The number of carbonyl (C=O) groups excluding carboxylic acids is 1. The van der Waals surface area contributed by atoms with Gasteiger partial charge in [0.1, 0.15) is 5.69 Å². The lowest BCUT2D eigenvalue weighted by Gasteiger charge is -2.22. The van der Waals surface area contributed by atoms with Crippen LogP contribution in [0.15, 0.2) is 60.9 Å². The molecule has 1 unspecified atom stereocenters. The Morgan fingerprint density at radius 2 is 1.82 bits per heavy atom. The van der Waals surface area contributed by atoms with Crippen LogP contribution in [0.25, 0.3) is 11.0 Å². The lowest BCUT2D eigenvalue weighted by Crippen LogP contribution is -2.29. The van der Waals surface area contributed by atoms with Gasteiger partial charge < -0.3 is 15.0 Å². The highest BCUT2D eigenvalue weighted by Gasteiger charge is 2.24. The zero-order valence-corrected chi connectivity index (χ0v) is 19.1. The van der Waals surface area contributed by atoms with Crippen LogP contribution in [-0.2, 0) is 10.3 Å². The summed E-state index contributed by atoms with van der Waals surface area (Å²) in [5.74, 6) is -1.14. The number of carboxylic acids is 1. The van der Waals surface area contributed by atoms with Gasteiger partial charge in [0.2, 0.25) is 0 Å². The Labute approximate surface area is 191 Å². The van der Waals surface area contributed by atoms with Gasteiger partial charge in [0, 0.05) is 5.69 Å². The molecule has 170 valence electrons. The maximum Gasteiger partial charge on any atom is 0.305 e. The Balaban J connectivity index is 1.65. The highest BCUT2D eigenvalue weighted by molar-refractivity contribution is 6.04. The van der Waals surface area contributed by atoms with Crippen molar-refractivity contribution in [3.8, 4) is 0 Å². The van der Waals surface area contributed by atoms with Crippen molar-refractivity contribution in [3.63, 3.8) is 0 Å². The van der Waals surface area contributed by atoms with Gasteiger partial charge in [-0.2, -0.15) is 5.10 Å². The second-order valence-corrected chi connectivity index (χ2v) is 9.09. The van der Waals surface area contributed by atoms with Gasteiger partial charge in [-0.1, -0.05) is 30.3 Å². The standard InChI is InChI=1S/C25H27N5O3/c1-16-12-22(30(28-16)25(2,3)4)24(33)27-18-10-11-20-19(13-18)26-15-29(20)21(14-23(31)32)17-8-6-5-7-9-17/h5-13,15,21H,14H2,1-4H3,(H,27,33)(H,31,32). The SMILES string of the molecule is Cc1cc(C(=O)Nc2ccc3c(c2)ncn3C(CC(=O)O)c2ccccc2)n(C(C)(C)C)n1. The fraction of sp³-hybridized carbons (Fsp3) is 0.280.